The number of ether oxygens (including phenoxy) is 1. The minimum atomic E-state index is 0.380. The zero-order chi connectivity index (χ0) is 20.8. The zero-order valence-corrected chi connectivity index (χ0v) is 17.2. The molecular formula is C24H27N5O. The average molecular weight is 402 g/mol. The van der Waals surface area contributed by atoms with Gasteiger partial charge in [0.15, 0.2) is 0 Å². The van der Waals surface area contributed by atoms with Gasteiger partial charge in [-0.25, -0.2) is 4.98 Å². The first-order valence-electron chi connectivity index (χ1n) is 10.2. The monoisotopic (exact) mass is 401 g/mol. The van der Waals surface area contributed by atoms with Gasteiger partial charge < -0.3 is 20.3 Å². The number of nitrogens with zero attached hydrogens (tertiary/aromatic N) is 3. The van der Waals surface area contributed by atoms with Crippen LogP contribution in [-0.2, 0) is 0 Å². The van der Waals surface area contributed by atoms with Gasteiger partial charge in [0.2, 0.25) is 0 Å². The maximum Gasteiger partial charge on any atom is 0.132 e. The lowest BCUT2D eigenvalue weighted by Crippen LogP contribution is -2.43. The molecule has 0 aliphatic carbocycles. The predicted molar refractivity (Wildman–Crippen MR) is 121 cm³/mol. The van der Waals surface area contributed by atoms with Gasteiger partial charge >= 0.3 is 0 Å². The second-order valence-electron chi connectivity index (χ2n) is 7.52. The van der Waals surface area contributed by atoms with Gasteiger partial charge in [-0.05, 0) is 50.1 Å². The number of benzene rings is 1. The smallest absolute Gasteiger partial charge is 0.132 e. The van der Waals surface area contributed by atoms with Crippen molar-refractivity contribution in [2.24, 2.45) is 0 Å². The normalized spacial score (nSPS) is 14.2. The molecule has 1 aromatic carbocycles. The van der Waals surface area contributed by atoms with Gasteiger partial charge in [-0.15, -0.1) is 0 Å². The number of anilines is 2. The number of piperidine rings is 1. The fraction of sp³-hybridized carbons (Fsp3) is 0.250. The van der Waals surface area contributed by atoms with E-state index in [1.54, 1.807) is 12.4 Å². The van der Waals surface area contributed by atoms with Gasteiger partial charge in [0, 0.05) is 37.6 Å². The molecule has 1 aliphatic heterocycles. The minimum Gasteiger partial charge on any atom is -0.457 e. The van der Waals surface area contributed by atoms with E-state index in [0.717, 1.165) is 54.8 Å². The summed E-state index contributed by atoms with van der Waals surface area (Å²) in [6.07, 6.45) is 7.37. The van der Waals surface area contributed by atoms with E-state index in [4.69, 9.17) is 4.74 Å². The molecule has 154 valence electrons. The second kappa shape index (κ2) is 9.31. The lowest BCUT2D eigenvalue weighted by Gasteiger charge is -2.34. The summed E-state index contributed by atoms with van der Waals surface area (Å²) in [5.74, 6) is 3.39. The molecule has 4 rings (SSSR count). The second-order valence-corrected chi connectivity index (χ2v) is 7.52. The number of hydrogen-bond acceptors (Lipinski definition) is 6. The first-order chi connectivity index (χ1) is 14.7. The molecule has 6 heteroatoms. The molecule has 3 heterocycles. The Morgan fingerprint density at radius 2 is 1.87 bits per heavy atom. The third-order valence-electron chi connectivity index (χ3n) is 5.13. The summed E-state index contributed by atoms with van der Waals surface area (Å²) in [6, 6.07) is 16.2. The molecule has 2 N–H and O–H groups in total. The van der Waals surface area contributed by atoms with Crippen LogP contribution in [0.2, 0.25) is 0 Å². The van der Waals surface area contributed by atoms with Gasteiger partial charge in [0.25, 0.3) is 0 Å². The molecule has 1 fully saturated rings. The highest BCUT2D eigenvalue weighted by Crippen LogP contribution is 2.26. The first kappa shape index (κ1) is 19.8. The van der Waals surface area contributed by atoms with Crippen LogP contribution in [0.1, 0.15) is 18.4 Å². The summed E-state index contributed by atoms with van der Waals surface area (Å²) in [7, 11) is 0. The van der Waals surface area contributed by atoms with Crippen LogP contribution in [0.3, 0.4) is 0 Å². The highest BCUT2D eigenvalue weighted by atomic mass is 16.5. The molecule has 1 saturated heterocycles. The molecule has 0 radical (unpaired) electrons. The molecular weight excluding hydrogens is 374 g/mol. The van der Waals surface area contributed by atoms with E-state index in [9.17, 15) is 0 Å². The Bertz CT molecular complexity index is 966. The fourth-order valence-electron chi connectivity index (χ4n) is 3.52. The van der Waals surface area contributed by atoms with Crippen molar-refractivity contribution in [3.8, 4) is 11.5 Å². The SMILES string of the molecule is C=C(Nc1cccnc1)NC1CCN(c2cc(Oc3ccc(C)cc3)ccn2)CC1. The Morgan fingerprint density at radius 1 is 1.07 bits per heavy atom. The van der Waals surface area contributed by atoms with Gasteiger partial charge in [-0.2, -0.15) is 0 Å². The lowest BCUT2D eigenvalue weighted by atomic mass is 10.1. The van der Waals surface area contributed by atoms with Gasteiger partial charge in [0.05, 0.1) is 17.7 Å². The van der Waals surface area contributed by atoms with E-state index < -0.39 is 0 Å². The van der Waals surface area contributed by atoms with Crippen LogP contribution in [0.25, 0.3) is 0 Å². The van der Waals surface area contributed by atoms with E-state index in [0.29, 0.717) is 6.04 Å². The summed E-state index contributed by atoms with van der Waals surface area (Å²) >= 11 is 0. The standard InChI is InChI=1S/C24H27N5O/c1-18-5-7-22(8-6-18)30-23-9-13-26-24(16-23)29-14-10-20(11-15-29)27-19(2)28-21-4-3-12-25-17-21/h3-9,12-13,16-17,20,27-28H,2,10-11,14-15H2,1H3. The van der Waals surface area contributed by atoms with Crippen LogP contribution >= 0.6 is 0 Å². The summed E-state index contributed by atoms with van der Waals surface area (Å²) in [5.41, 5.74) is 2.15. The maximum atomic E-state index is 5.99. The molecule has 0 unspecified atom stereocenters. The summed E-state index contributed by atoms with van der Waals surface area (Å²) in [6.45, 7) is 8.01. The molecule has 1 aliphatic rings. The van der Waals surface area contributed by atoms with Crippen LogP contribution in [0.15, 0.2) is 79.5 Å². The van der Waals surface area contributed by atoms with Crippen LogP contribution in [0.5, 0.6) is 11.5 Å². The van der Waals surface area contributed by atoms with Crippen molar-refractivity contribution in [2.75, 3.05) is 23.3 Å². The van der Waals surface area contributed by atoms with Crippen LogP contribution in [0.4, 0.5) is 11.5 Å². The van der Waals surface area contributed by atoms with E-state index in [2.05, 4.69) is 39.0 Å². The van der Waals surface area contributed by atoms with Crippen LogP contribution in [-0.4, -0.2) is 29.1 Å². The third-order valence-corrected chi connectivity index (χ3v) is 5.13. The Balaban J connectivity index is 1.29. The molecule has 30 heavy (non-hydrogen) atoms. The zero-order valence-electron chi connectivity index (χ0n) is 17.2. The minimum absolute atomic E-state index is 0.380. The molecule has 0 bridgehead atoms. The third kappa shape index (κ3) is 5.29. The van der Waals surface area contributed by atoms with Crippen molar-refractivity contribution in [1.29, 1.82) is 0 Å². The topological polar surface area (TPSA) is 62.3 Å². The quantitative estimate of drug-likeness (QED) is 0.597. The summed E-state index contributed by atoms with van der Waals surface area (Å²) < 4.78 is 5.99. The number of pyridine rings is 2. The molecule has 0 amide bonds. The molecule has 3 aromatic rings. The van der Waals surface area contributed by atoms with Crippen molar-refractivity contribution in [2.45, 2.75) is 25.8 Å². The Hall–Kier alpha value is -3.54. The Morgan fingerprint density at radius 3 is 2.60 bits per heavy atom. The van der Waals surface area contributed by atoms with Gasteiger partial charge in [0.1, 0.15) is 17.3 Å². The molecule has 6 nitrogen and oxygen atoms in total. The number of nitrogens with one attached hydrogen (secondary N) is 2. The van der Waals surface area contributed by atoms with Gasteiger partial charge in [-0.3, -0.25) is 4.98 Å². The largest absolute Gasteiger partial charge is 0.457 e. The highest BCUT2D eigenvalue weighted by Gasteiger charge is 2.20. The molecule has 0 saturated carbocycles. The number of rotatable bonds is 7. The molecule has 0 spiro atoms. The predicted octanol–water partition coefficient (Wildman–Crippen LogP) is 4.72. The molecule has 0 atom stereocenters. The van der Waals surface area contributed by atoms with Crippen molar-refractivity contribution in [1.82, 2.24) is 15.3 Å². The van der Waals surface area contributed by atoms with E-state index in [1.807, 2.05) is 54.7 Å². The first-order valence-corrected chi connectivity index (χ1v) is 10.2. The van der Waals surface area contributed by atoms with Crippen molar-refractivity contribution in [3.05, 3.63) is 85.1 Å². The number of aromatic nitrogens is 2. The summed E-state index contributed by atoms with van der Waals surface area (Å²) in [5, 5.41) is 6.74. The average Bonchev–Trinajstić information content (AvgIpc) is 2.77. The summed E-state index contributed by atoms with van der Waals surface area (Å²) in [4.78, 5) is 11.0. The van der Waals surface area contributed by atoms with E-state index in [1.165, 1.54) is 5.56 Å². The van der Waals surface area contributed by atoms with Crippen LogP contribution in [0, 0.1) is 6.92 Å². The number of hydrogen-bond donors (Lipinski definition) is 2. The number of aryl methyl sites for hydroxylation is 1. The Labute approximate surface area is 177 Å². The van der Waals surface area contributed by atoms with Gasteiger partial charge in [-0.1, -0.05) is 24.3 Å². The van der Waals surface area contributed by atoms with Crippen molar-refractivity contribution >= 4 is 11.5 Å². The van der Waals surface area contributed by atoms with Crippen molar-refractivity contribution < 1.29 is 4.74 Å². The molecule has 2 aromatic heterocycles. The Kier molecular flexibility index (Phi) is 6.13. The van der Waals surface area contributed by atoms with Crippen LogP contribution < -0.4 is 20.3 Å². The van der Waals surface area contributed by atoms with E-state index >= 15 is 0 Å². The maximum absolute atomic E-state index is 5.99. The lowest BCUT2D eigenvalue weighted by molar-refractivity contribution is 0.443. The van der Waals surface area contributed by atoms with E-state index in [-0.39, 0.29) is 0 Å². The van der Waals surface area contributed by atoms with Crippen molar-refractivity contribution in [3.63, 3.8) is 0 Å². The highest BCUT2D eigenvalue weighted by molar-refractivity contribution is 5.46. The fourth-order valence-corrected chi connectivity index (χ4v) is 3.52.